The minimum absolute atomic E-state index is 1.01. The van der Waals surface area contributed by atoms with Crippen LogP contribution in [0.1, 0.15) is 57.8 Å². The molecule has 0 aromatic heterocycles. The van der Waals surface area contributed by atoms with Crippen LogP contribution in [-0.4, -0.2) is 13.1 Å². The third kappa shape index (κ3) is 2.45. The zero-order valence-electron chi connectivity index (χ0n) is 10.6. The van der Waals surface area contributed by atoms with Crippen LogP contribution in [0.4, 0.5) is 0 Å². The fourth-order valence-electron chi connectivity index (χ4n) is 4.49. The SMILES string of the molecule is C1CCC(CNCC2CC3CCC2C3)CC1. The van der Waals surface area contributed by atoms with Crippen molar-refractivity contribution < 1.29 is 0 Å². The van der Waals surface area contributed by atoms with Gasteiger partial charge in [0, 0.05) is 0 Å². The third-order valence-electron chi connectivity index (χ3n) is 5.45. The largest absolute Gasteiger partial charge is 0.316 e. The van der Waals surface area contributed by atoms with Gasteiger partial charge < -0.3 is 5.32 Å². The number of hydrogen-bond acceptors (Lipinski definition) is 1. The van der Waals surface area contributed by atoms with Crippen LogP contribution < -0.4 is 5.32 Å². The molecule has 3 atom stereocenters. The predicted octanol–water partition coefficient (Wildman–Crippen LogP) is 3.59. The normalized spacial score (nSPS) is 39.4. The molecule has 3 aliphatic carbocycles. The van der Waals surface area contributed by atoms with Gasteiger partial charge in [-0.25, -0.2) is 0 Å². The zero-order chi connectivity index (χ0) is 10.8. The highest BCUT2D eigenvalue weighted by atomic mass is 14.9. The molecule has 16 heavy (non-hydrogen) atoms. The Kier molecular flexibility index (Phi) is 3.51. The summed E-state index contributed by atoms with van der Waals surface area (Å²) in [5.74, 6) is 4.27. The molecule has 3 unspecified atom stereocenters. The van der Waals surface area contributed by atoms with Crippen LogP contribution in [0.2, 0.25) is 0 Å². The Bertz CT molecular complexity index is 219. The second-order valence-electron chi connectivity index (χ2n) is 6.60. The average Bonchev–Trinajstić information content (AvgIpc) is 2.92. The minimum Gasteiger partial charge on any atom is -0.316 e. The standard InChI is InChI=1S/C15H27N/c1-2-4-12(5-3-1)10-16-11-15-9-13-6-7-14(15)8-13/h12-16H,1-11H2. The number of fused-ring (bicyclic) bond motifs is 2. The molecule has 0 radical (unpaired) electrons. The molecule has 3 aliphatic rings. The molecule has 2 bridgehead atoms. The van der Waals surface area contributed by atoms with E-state index in [-0.39, 0.29) is 0 Å². The van der Waals surface area contributed by atoms with Crippen molar-refractivity contribution in [2.45, 2.75) is 57.8 Å². The van der Waals surface area contributed by atoms with Gasteiger partial charge in [0.1, 0.15) is 0 Å². The Morgan fingerprint density at radius 1 is 0.812 bits per heavy atom. The first-order valence-electron chi connectivity index (χ1n) is 7.62. The van der Waals surface area contributed by atoms with Gasteiger partial charge in [-0.2, -0.15) is 0 Å². The van der Waals surface area contributed by atoms with Crippen molar-refractivity contribution in [1.82, 2.24) is 5.32 Å². The molecule has 92 valence electrons. The Hall–Kier alpha value is -0.0400. The van der Waals surface area contributed by atoms with Crippen LogP contribution in [-0.2, 0) is 0 Å². The molecule has 3 saturated carbocycles. The molecule has 3 fully saturated rings. The highest BCUT2D eigenvalue weighted by Gasteiger charge is 2.38. The van der Waals surface area contributed by atoms with Crippen LogP contribution in [0.15, 0.2) is 0 Å². The van der Waals surface area contributed by atoms with E-state index in [1.165, 1.54) is 45.2 Å². The highest BCUT2D eigenvalue weighted by molar-refractivity contribution is 4.90. The van der Waals surface area contributed by atoms with Crippen molar-refractivity contribution in [2.75, 3.05) is 13.1 Å². The van der Waals surface area contributed by atoms with Crippen LogP contribution >= 0.6 is 0 Å². The molecule has 0 heterocycles. The highest BCUT2D eigenvalue weighted by Crippen LogP contribution is 2.47. The molecule has 0 spiro atoms. The molecule has 0 aromatic carbocycles. The first-order chi connectivity index (χ1) is 7.92. The summed E-state index contributed by atoms with van der Waals surface area (Å²) in [5, 5.41) is 3.78. The Balaban J connectivity index is 1.34. The van der Waals surface area contributed by atoms with Crippen molar-refractivity contribution >= 4 is 0 Å². The monoisotopic (exact) mass is 221 g/mol. The van der Waals surface area contributed by atoms with Gasteiger partial charge in [0.25, 0.3) is 0 Å². The lowest BCUT2D eigenvalue weighted by molar-refractivity contribution is 0.292. The predicted molar refractivity (Wildman–Crippen MR) is 68.4 cm³/mol. The van der Waals surface area contributed by atoms with Gasteiger partial charge in [-0.3, -0.25) is 0 Å². The summed E-state index contributed by atoms with van der Waals surface area (Å²) in [4.78, 5) is 0. The number of hydrogen-bond donors (Lipinski definition) is 1. The van der Waals surface area contributed by atoms with Gasteiger partial charge in [0.2, 0.25) is 0 Å². The van der Waals surface area contributed by atoms with Crippen molar-refractivity contribution in [1.29, 1.82) is 0 Å². The maximum absolute atomic E-state index is 3.78. The lowest BCUT2D eigenvalue weighted by atomic mass is 9.87. The van der Waals surface area contributed by atoms with E-state index in [9.17, 15) is 0 Å². The molecule has 1 heteroatoms. The van der Waals surface area contributed by atoms with Crippen LogP contribution in [0.25, 0.3) is 0 Å². The van der Waals surface area contributed by atoms with E-state index in [0.717, 1.165) is 23.7 Å². The van der Waals surface area contributed by atoms with Crippen LogP contribution in [0.3, 0.4) is 0 Å². The summed E-state index contributed by atoms with van der Waals surface area (Å²) in [6.07, 6.45) is 13.6. The van der Waals surface area contributed by atoms with E-state index >= 15 is 0 Å². The third-order valence-corrected chi connectivity index (χ3v) is 5.45. The molecule has 3 rings (SSSR count). The lowest BCUT2D eigenvalue weighted by Gasteiger charge is -2.25. The Morgan fingerprint density at radius 3 is 2.38 bits per heavy atom. The Labute approximate surface area is 100 Å². The fraction of sp³-hybridized carbons (Fsp3) is 1.00. The summed E-state index contributed by atoms with van der Waals surface area (Å²) in [6, 6.07) is 0. The summed E-state index contributed by atoms with van der Waals surface area (Å²) >= 11 is 0. The summed E-state index contributed by atoms with van der Waals surface area (Å²) in [5.41, 5.74) is 0. The van der Waals surface area contributed by atoms with Gasteiger partial charge >= 0.3 is 0 Å². The number of nitrogens with one attached hydrogen (secondary N) is 1. The van der Waals surface area contributed by atoms with Gasteiger partial charge in [-0.15, -0.1) is 0 Å². The number of rotatable bonds is 4. The molecule has 0 amide bonds. The quantitative estimate of drug-likeness (QED) is 0.765. The summed E-state index contributed by atoms with van der Waals surface area (Å²) in [7, 11) is 0. The molecule has 1 N–H and O–H groups in total. The van der Waals surface area contributed by atoms with Crippen molar-refractivity contribution in [3.8, 4) is 0 Å². The maximum atomic E-state index is 3.78. The minimum atomic E-state index is 1.01. The van der Waals surface area contributed by atoms with E-state index < -0.39 is 0 Å². The topological polar surface area (TPSA) is 12.0 Å². The van der Waals surface area contributed by atoms with E-state index in [1.807, 2.05) is 0 Å². The van der Waals surface area contributed by atoms with Crippen molar-refractivity contribution in [3.05, 3.63) is 0 Å². The summed E-state index contributed by atoms with van der Waals surface area (Å²) in [6.45, 7) is 2.64. The lowest BCUT2D eigenvalue weighted by Crippen LogP contribution is -2.31. The van der Waals surface area contributed by atoms with Gasteiger partial charge in [-0.1, -0.05) is 25.7 Å². The van der Waals surface area contributed by atoms with Gasteiger partial charge in [0.05, 0.1) is 0 Å². The molecule has 0 aromatic rings. The van der Waals surface area contributed by atoms with E-state index in [2.05, 4.69) is 5.32 Å². The molecular weight excluding hydrogens is 194 g/mol. The van der Waals surface area contributed by atoms with E-state index in [0.29, 0.717) is 0 Å². The van der Waals surface area contributed by atoms with Gasteiger partial charge in [-0.05, 0) is 68.9 Å². The molecule has 0 aliphatic heterocycles. The second-order valence-corrected chi connectivity index (χ2v) is 6.60. The average molecular weight is 221 g/mol. The van der Waals surface area contributed by atoms with E-state index in [1.54, 1.807) is 25.7 Å². The van der Waals surface area contributed by atoms with Crippen LogP contribution in [0, 0.1) is 23.7 Å². The molecule has 1 nitrogen and oxygen atoms in total. The van der Waals surface area contributed by atoms with Crippen molar-refractivity contribution in [2.24, 2.45) is 23.7 Å². The molecular formula is C15H27N. The summed E-state index contributed by atoms with van der Waals surface area (Å²) < 4.78 is 0. The first kappa shape index (κ1) is 11.1. The molecule has 0 saturated heterocycles. The first-order valence-corrected chi connectivity index (χ1v) is 7.62. The smallest absolute Gasteiger partial charge is 0.00176 e. The second kappa shape index (κ2) is 5.08. The zero-order valence-corrected chi connectivity index (χ0v) is 10.6. The fourth-order valence-corrected chi connectivity index (χ4v) is 4.49. The van der Waals surface area contributed by atoms with Crippen LogP contribution in [0.5, 0.6) is 0 Å². The Morgan fingerprint density at radius 2 is 1.69 bits per heavy atom. The van der Waals surface area contributed by atoms with Crippen molar-refractivity contribution in [3.63, 3.8) is 0 Å². The van der Waals surface area contributed by atoms with Gasteiger partial charge in [0.15, 0.2) is 0 Å². The maximum Gasteiger partial charge on any atom is -0.00176 e. The van der Waals surface area contributed by atoms with E-state index in [4.69, 9.17) is 0 Å².